The molecule has 1 atom stereocenters. The van der Waals surface area contributed by atoms with E-state index in [2.05, 4.69) is 27.7 Å². The van der Waals surface area contributed by atoms with E-state index in [1.54, 1.807) is 24.3 Å². The van der Waals surface area contributed by atoms with Crippen LogP contribution >= 0.6 is 0 Å². The summed E-state index contributed by atoms with van der Waals surface area (Å²) in [6, 6.07) is 21.5. The third kappa shape index (κ3) is 5.44. The molecule has 0 saturated carbocycles. The first-order valence-corrected chi connectivity index (χ1v) is 13.0. The van der Waals surface area contributed by atoms with Crippen LogP contribution in [0.25, 0.3) is 5.76 Å². The molecule has 1 saturated heterocycles. The standard InChI is InChI=1S/C32H36N2O4/c1-20(2)19-38-27-17-11-24(12-18-27)30(35)28-29(23-9-7-22(8-10-23)21(3)4)34(32(37)31(28)36)26-15-13-25(14-16-26)33(5)6/h7-18,20-21,29,35H,19H2,1-6H3/b30-28+. The summed E-state index contributed by atoms with van der Waals surface area (Å²) in [7, 11) is 3.88. The molecule has 1 aliphatic heterocycles. The minimum Gasteiger partial charge on any atom is -0.507 e. The van der Waals surface area contributed by atoms with Crippen molar-refractivity contribution in [3.8, 4) is 5.75 Å². The fraction of sp³-hybridized carbons (Fsp3) is 0.312. The molecule has 1 heterocycles. The van der Waals surface area contributed by atoms with Crippen LogP contribution in [0.5, 0.6) is 5.75 Å². The number of anilines is 2. The van der Waals surface area contributed by atoms with Gasteiger partial charge in [0.2, 0.25) is 0 Å². The highest BCUT2D eigenvalue weighted by Crippen LogP contribution is 2.42. The molecule has 6 heteroatoms. The maximum absolute atomic E-state index is 13.4. The van der Waals surface area contributed by atoms with Crippen LogP contribution in [0, 0.1) is 5.92 Å². The average molecular weight is 513 g/mol. The predicted molar refractivity (Wildman–Crippen MR) is 153 cm³/mol. The van der Waals surface area contributed by atoms with Crippen LogP contribution in [0.4, 0.5) is 11.4 Å². The van der Waals surface area contributed by atoms with E-state index in [0.717, 1.165) is 16.8 Å². The normalized spacial score (nSPS) is 16.9. The summed E-state index contributed by atoms with van der Waals surface area (Å²) < 4.78 is 5.76. The molecule has 1 aliphatic rings. The van der Waals surface area contributed by atoms with Gasteiger partial charge in [-0.15, -0.1) is 0 Å². The Kier molecular flexibility index (Phi) is 7.91. The maximum Gasteiger partial charge on any atom is 0.300 e. The van der Waals surface area contributed by atoms with E-state index >= 15 is 0 Å². The fourth-order valence-corrected chi connectivity index (χ4v) is 4.52. The molecule has 1 N–H and O–H groups in total. The largest absolute Gasteiger partial charge is 0.507 e. The average Bonchev–Trinajstić information content (AvgIpc) is 3.17. The number of rotatable bonds is 8. The Balaban J connectivity index is 1.81. The highest BCUT2D eigenvalue weighted by molar-refractivity contribution is 6.51. The van der Waals surface area contributed by atoms with Crippen molar-refractivity contribution < 1.29 is 19.4 Å². The van der Waals surface area contributed by atoms with Gasteiger partial charge < -0.3 is 14.7 Å². The Morgan fingerprint density at radius 3 is 2.03 bits per heavy atom. The van der Waals surface area contributed by atoms with Crippen LogP contribution in [-0.4, -0.2) is 37.5 Å². The Bertz CT molecular complexity index is 1320. The molecule has 3 aromatic rings. The van der Waals surface area contributed by atoms with Crippen molar-refractivity contribution in [2.75, 3.05) is 30.5 Å². The van der Waals surface area contributed by atoms with Gasteiger partial charge in [-0.1, -0.05) is 52.0 Å². The molecule has 0 aromatic heterocycles. The van der Waals surface area contributed by atoms with Crippen molar-refractivity contribution in [3.63, 3.8) is 0 Å². The molecule has 38 heavy (non-hydrogen) atoms. The summed E-state index contributed by atoms with van der Waals surface area (Å²) >= 11 is 0. The number of ether oxygens (including phenoxy) is 1. The topological polar surface area (TPSA) is 70.1 Å². The molecule has 198 valence electrons. The fourth-order valence-electron chi connectivity index (χ4n) is 4.52. The number of aliphatic hydroxyl groups excluding tert-OH is 1. The summed E-state index contributed by atoms with van der Waals surface area (Å²) in [4.78, 5) is 30.3. The zero-order chi connectivity index (χ0) is 27.6. The lowest BCUT2D eigenvalue weighted by Crippen LogP contribution is -2.29. The Hall–Kier alpha value is -4.06. The van der Waals surface area contributed by atoms with Gasteiger partial charge >= 0.3 is 0 Å². The molecule has 0 aliphatic carbocycles. The van der Waals surface area contributed by atoms with E-state index in [9.17, 15) is 14.7 Å². The van der Waals surface area contributed by atoms with Gasteiger partial charge in [0, 0.05) is 31.0 Å². The zero-order valence-electron chi connectivity index (χ0n) is 22.9. The first kappa shape index (κ1) is 27.0. The molecule has 1 amide bonds. The summed E-state index contributed by atoms with van der Waals surface area (Å²) in [5.74, 6) is -0.184. The number of Topliss-reactive ketones (excluding diaryl/α,β-unsaturated/α-hetero) is 1. The van der Waals surface area contributed by atoms with Crippen molar-refractivity contribution >= 4 is 28.8 Å². The number of hydrogen-bond donors (Lipinski definition) is 1. The summed E-state index contributed by atoms with van der Waals surface area (Å²) in [5, 5.41) is 11.4. The van der Waals surface area contributed by atoms with Crippen LogP contribution in [-0.2, 0) is 9.59 Å². The predicted octanol–water partition coefficient (Wildman–Crippen LogP) is 6.54. The van der Waals surface area contributed by atoms with Crippen molar-refractivity contribution in [2.45, 2.75) is 39.7 Å². The molecule has 0 bridgehead atoms. The smallest absolute Gasteiger partial charge is 0.300 e. The van der Waals surface area contributed by atoms with E-state index in [4.69, 9.17) is 4.74 Å². The van der Waals surface area contributed by atoms with E-state index in [-0.39, 0.29) is 11.3 Å². The van der Waals surface area contributed by atoms with E-state index in [1.165, 1.54) is 4.90 Å². The van der Waals surface area contributed by atoms with E-state index < -0.39 is 17.7 Å². The monoisotopic (exact) mass is 512 g/mol. The maximum atomic E-state index is 13.4. The summed E-state index contributed by atoms with van der Waals surface area (Å²) in [5.41, 5.74) is 3.99. The molecule has 1 unspecified atom stereocenters. The van der Waals surface area contributed by atoms with Crippen LogP contribution in [0.1, 0.15) is 56.3 Å². The number of ketones is 1. The molecule has 1 fully saturated rings. The highest BCUT2D eigenvalue weighted by atomic mass is 16.5. The zero-order valence-corrected chi connectivity index (χ0v) is 22.9. The van der Waals surface area contributed by atoms with Crippen LogP contribution in [0.15, 0.2) is 78.4 Å². The minimum atomic E-state index is -0.765. The quantitative estimate of drug-likeness (QED) is 0.211. The van der Waals surface area contributed by atoms with Crippen LogP contribution < -0.4 is 14.5 Å². The highest BCUT2D eigenvalue weighted by Gasteiger charge is 2.47. The van der Waals surface area contributed by atoms with Gasteiger partial charge in [0.25, 0.3) is 11.7 Å². The lowest BCUT2D eigenvalue weighted by molar-refractivity contribution is -0.132. The first-order valence-electron chi connectivity index (χ1n) is 13.0. The third-order valence-corrected chi connectivity index (χ3v) is 6.72. The number of nitrogens with zero attached hydrogens (tertiary/aromatic N) is 2. The molecule has 3 aromatic carbocycles. The Labute approximate surface area is 225 Å². The SMILES string of the molecule is CC(C)COc1ccc(/C(O)=C2\C(=O)C(=O)N(c3ccc(N(C)C)cc3)C2c2ccc(C(C)C)cc2)cc1. The van der Waals surface area contributed by atoms with Crippen molar-refractivity contribution in [1.82, 2.24) is 0 Å². The molecule has 0 spiro atoms. The summed E-state index contributed by atoms with van der Waals surface area (Å²) in [6.45, 7) is 8.95. The number of hydrogen-bond acceptors (Lipinski definition) is 5. The van der Waals surface area contributed by atoms with Gasteiger partial charge in [-0.05, 0) is 71.5 Å². The van der Waals surface area contributed by atoms with Gasteiger partial charge in [-0.3, -0.25) is 14.5 Å². The van der Waals surface area contributed by atoms with Crippen molar-refractivity contribution in [3.05, 3.63) is 95.1 Å². The van der Waals surface area contributed by atoms with Gasteiger partial charge in [0.05, 0.1) is 18.2 Å². The lowest BCUT2D eigenvalue weighted by Gasteiger charge is -2.26. The lowest BCUT2D eigenvalue weighted by atomic mass is 9.93. The molecular formula is C32H36N2O4. The second-order valence-electron chi connectivity index (χ2n) is 10.6. The number of amides is 1. The number of aliphatic hydroxyl groups is 1. The van der Waals surface area contributed by atoms with Gasteiger partial charge in [-0.2, -0.15) is 0 Å². The van der Waals surface area contributed by atoms with Crippen molar-refractivity contribution in [2.24, 2.45) is 5.92 Å². The van der Waals surface area contributed by atoms with E-state index in [1.807, 2.05) is 67.5 Å². The molecular weight excluding hydrogens is 476 g/mol. The third-order valence-electron chi connectivity index (χ3n) is 6.72. The second kappa shape index (κ2) is 11.1. The van der Waals surface area contributed by atoms with Gasteiger partial charge in [-0.25, -0.2) is 0 Å². The van der Waals surface area contributed by atoms with Gasteiger partial charge in [0.1, 0.15) is 11.5 Å². The van der Waals surface area contributed by atoms with Crippen LogP contribution in [0.2, 0.25) is 0 Å². The molecule has 6 nitrogen and oxygen atoms in total. The Morgan fingerprint density at radius 1 is 0.895 bits per heavy atom. The summed E-state index contributed by atoms with van der Waals surface area (Å²) in [6.07, 6.45) is 0. The number of benzene rings is 3. The van der Waals surface area contributed by atoms with Gasteiger partial charge in [0.15, 0.2) is 0 Å². The number of carbonyl (C=O) groups excluding carboxylic acids is 2. The first-order chi connectivity index (χ1) is 18.1. The van der Waals surface area contributed by atoms with Crippen molar-refractivity contribution in [1.29, 1.82) is 0 Å². The van der Waals surface area contributed by atoms with Crippen LogP contribution in [0.3, 0.4) is 0 Å². The minimum absolute atomic E-state index is 0.0693. The Morgan fingerprint density at radius 2 is 1.50 bits per heavy atom. The number of carbonyl (C=O) groups is 2. The second-order valence-corrected chi connectivity index (χ2v) is 10.6. The molecule has 0 radical (unpaired) electrons. The van der Waals surface area contributed by atoms with E-state index in [0.29, 0.717) is 35.4 Å². The molecule has 4 rings (SSSR count).